The van der Waals surface area contributed by atoms with Crippen LogP contribution in [-0.4, -0.2) is 43.8 Å². The van der Waals surface area contributed by atoms with Crippen molar-refractivity contribution in [3.05, 3.63) is 123 Å². The SMILES string of the molecule is CC(NCCN(Cc1cccc(CNC(=O)c2c(Cl)cncc2Cl)c1)C1CCCc2cccnc21)c1nc2ccccc2[nH]1. The third kappa shape index (κ3) is 6.94. The molecule has 6 rings (SSSR count). The third-order valence-corrected chi connectivity index (χ3v) is 8.76. The predicted octanol–water partition coefficient (Wildman–Crippen LogP) is 6.82. The maximum Gasteiger partial charge on any atom is 0.254 e. The molecule has 1 aliphatic carbocycles. The summed E-state index contributed by atoms with van der Waals surface area (Å²) in [5, 5.41) is 7.08. The Bertz CT molecular complexity index is 1700. The second-order valence-corrected chi connectivity index (χ2v) is 12.0. The fraction of sp³-hybridized carbons (Fsp3) is 0.294. The predicted molar refractivity (Wildman–Crippen MR) is 175 cm³/mol. The molecule has 0 spiro atoms. The fourth-order valence-corrected chi connectivity index (χ4v) is 6.49. The Morgan fingerprint density at radius 1 is 1.07 bits per heavy atom. The molecule has 0 radical (unpaired) electrons. The molecule has 2 aromatic carbocycles. The zero-order valence-corrected chi connectivity index (χ0v) is 26.1. The van der Waals surface area contributed by atoms with E-state index in [4.69, 9.17) is 33.2 Å². The summed E-state index contributed by atoms with van der Waals surface area (Å²) in [4.78, 5) is 32.4. The van der Waals surface area contributed by atoms with Crippen LogP contribution in [0, 0.1) is 0 Å². The molecule has 2 atom stereocenters. The van der Waals surface area contributed by atoms with Crippen molar-refractivity contribution in [2.45, 2.75) is 51.4 Å². The van der Waals surface area contributed by atoms with Gasteiger partial charge in [0, 0.05) is 44.8 Å². The molecule has 0 fully saturated rings. The average Bonchev–Trinajstić information content (AvgIpc) is 3.48. The van der Waals surface area contributed by atoms with Crippen LogP contribution in [-0.2, 0) is 19.5 Å². The van der Waals surface area contributed by atoms with Crippen molar-refractivity contribution >= 4 is 40.1 Å². The third-order valence-electron chi connectivity index (χ3n) is 8.18. The number of imidazole rings is 1. The van der Waals surface area contributed by atoms with E-state index in [1.807, 2.05) is 42.6 Å². The van der Waals surface area contributed by atoms with Gasteiger partial charge in [-0.1, -0.05) is 65.7 Å². The smallest absolute Gasteiger partial charge is 0.254 e. The molecule has 226 valence electrons. The summed E-state index contributed by atoms with van der Waals surface area (Å²) in [6, 6.07) is 21.0. The van der Waals surface area contributed by atoms with Crippen LogP contribution in [0.1, 0.15) is 70.4 Å². The second-order valence-electron chi connectivity index (χ2n) is 11.2. The zero-order chi connectivity index (χ0) is 30.5. The molecule has 1 aliphatic rings. The Morgan fingerprint density at radius 3 is 2.73 bits per heavy atom. The van der Waals surface area contributed by atoms with Crippen LogP contribution in [0.5, 0.6) is 0 Å². The fourth-order valence-electron chi connectivity index (χ4n) is 5.96. The number of aryl methyl sites for hydroxylation is 1. The molecule has 44 heavy (non-hydrogen) atoms. The number of hydrogen-bond donors (Lipinski definition) is 3. The van der Waals surface area contributed by atoms with E-state index in [0.29, 0.717) is 6.54 Å². The maximum atomic E-state index is 12.8. The van der Waals surface area contributed by atoms with Crippen LogP contribution < -0.4 is 10.6 Å². The van der Waals surface area contributed by atoms with Gasteiger partial charge in [0.05, 0.1) is 44.4 Å². The maximum absolute atomic E-state index is 12.8. The van der Waals surface area contributed by atoms with Crippen LogP contribution in [0.3, 0.4) is 0 Å². The highest BCUT2D eigenvalue weighted by Gasteiger charge is 2.27. The number of fused-ring (bicyclic) bond motifs is 2. The molecule has 0 saturated heterocycles. The summed E-state index contributed by atoms with van der Waals surface area (Å²) in [6.45, 7) is 4.88. The van der Waals surface area contributed by atoms with Gasteiger partial charge in [-0.2, -0.15) is 0 Å². The van der Waals surface area contributed by atoms with E-state index >= 15 is 0 Å². The van der Waals surface area contributed by atoms with E-state index in [-0.39, 0.29) is 33.6 Å². The van der Waals surface area contributed by atoms with E-state index in [1.165, 1.54) is 29.2 Å². The zero-order valence-electron chi connectivity index (χ0n) is 24.6. The van der Waals surface area contributed by atoms with Crippen LogP contribution in [0.4, 0.5) is 0 Å². The summed E-state index contributed by atoms with van der Waals surface area (Å²) >= 11 is 12.4. The van der Waals surface area contributed by atoms with Crippen molar-refractivity contribution in [3.8, 4) is 0 Å². The quantitative estimate of drug-likeness (QED) is 0.149. The molecule has 3 heterocycles. The molecular formula is C34H35Cl2N7O. The first-order valence-electron chi connectivity index (χ1n) is 15.0. The number of para-hydroxylation sites is 2. The number of nitrogens with zero attached hydrogens (tertiary/aromatic N) is 4. The Labute approximate surface area is 267 Å². The van der Waals surface area contributed by atoms with Crippen LogP contribution in [0.2, 0.25) is 10.0 Å². The molecule has 0 saturated carbocycles. The molecule has 5 aromatic rings. The molecule has 0 bridgehead atoms. The highest BCUT2D eigenvalue weighted by atomic mass is 35.5. The van der Waals surface area contributed by atoms with E-state index in [0.717, 1.165) is 61.3 Å². The number of rotatable bonds is 11. The van der Waals surface area contributed by atoms with Crippen molar-refractivity contribution in [1.29, 1.82) is 0 Å². The standard InChI is InChI=1S/C34H35Cl2N7O/c1-22(33-41-28-11-2-3-12-29(28)42-33)38-15-16-43(30-13-5-9-25-10-6-14-39-32(25)30)21-24-8-4-7-23(17-24)18-40-34(44)31-26(35)19-37-20-27(31)36/h2-4,6-8,10-12,14,17,19-20,22,30,38H,5,9,13,15-16,18,21H2,1H3,(H,40,44)(H,41,42). The van der Waals surface area contributed by atoms with Gasteiger partial charge in [-0.15, -0.1) is 0 Å². The largest absolute Gasteiger partial charge is 0.348 e. The van der Waals surface area contributed by atoms with Gasteiger partial charge in [0.15, 0.2) is 0 Å². The molecular weight excluding hydrogens is 593 g/mol. The number of aromatic amines is 1. The minimum Gasteiger partial charge on any atom is -0.348 e. The monoisotopic (exact) mass is 627 g/mol. The van der Waals surface area contributed by atoms with E-state index < -0.39 is 0 Å². The van der Waals surface area contributed by atoms with Crippen molar-refractivity contribution in [2.75, 3.05) is 13.1 Å². The minimum atomic E-state index is -0.330. The average molecular weight is 629 g/mol. The highest BCUT2D eigenvalue weighted by molar-refractivity contribution is 6.39. The van der Waals surface area contributed by atoms with E-state index in [9.17, 15) is 4.79 Å². The van der Waals surface area contributed by atoms with Gasteiger partial charge in [-0.3, -0.25) is 19.7 Å². The van der Waals surface area contributed by atoms with Crippen LogP contribution in [0.25, 0.3) is 11.0 Å². The lowest BCUT2D eigenvalue weighted by molar-refractivity contribution is 0.0951. The van der Waals surface area contributed by atoms with Gasteiger partial charge in [0.2, 0.25) is 0 Å². The molecule has 10 heteroatoms. The van der Waals surface area contributed by atoms with Gasteiger partial charge in [0.25, 0.3) is 5.91 Å². The number of carbonyl (C=O) groups is 1. The van der Waals surface area contributed by atoms with Gasteiger partial charge >= 0.3 is 0 Å². The number of H-pyrrole nitrogens is 1. The number of carbonyl (C=O) groups excluding carboxylic acids is 1. The number of nitrogens with one attached hydrogen (secondary N) is 3. The minimum absolute atomic E-state index is 0.0790. The number of aromatic nitrogens is 4. The van der Waals surface area contributed by atoms with Gasteiger partial charge in [0.1, 0.15) is 5.82 Å². The first kappa shape index (κ1) is 30.2. The highest BCUT2D eigenvalue weighted by Crippen LogP contribution is 2.33. The Balaban J connectivity index is 1.16. The number of benzene rings is 2. The normalized spacial score (nSPS) is 15.3. The molecule has 3 aromatic heterocycles. The van der Waals surface area contributed by atoms with Crippen molar-refractivity contribution in [1.82, 2.24) is 35.5 Å². The Hall–Kier alpha value is -3.82. The molecule has 2 unspecified atom stereocenters. The second kappa shape index (κ2) is 13.9. The lowest BCUT2D eigenvalue weighted by atomic mass is 9.90. The molecule has 3 N–H and O–H groups in total. The summed E-state index contributed by atoms with van der Waals surface area (Å²) in [6.07, 6.45) is 8.00. The van der Waals surface area contributed by atoms with Crippen molar-refractivity contribution in [2.24, 2.45) is 0 Å². The summed E-state index contributed by atoms with van der Waals surface area (Å²) in [7, 11) is 0. The lowest BCUT2D eigenvalue weighted by Crippen LogP contribution is -2.37. The summed E-state index contributed by atoms with van der Waals surface area (Å²) in [5.74, 6) is 0.607. The number of amides is 1. The summed E-state index contributed by atoms with van der Waals surface area (Å²) in [5.41, 5.74) is 6.94. The van der Waals surface area contributed by atoms with Crippen molar-refractivity contribution in [3.63, 3.8) is 0 Å². The summed E-state index contributed by atoms with van der Waals surface area (Å²) < 4.78 is 0. The first-order chi connectivity index (χ1) is 21.5. The van der Waals surface area contributed by atoms with E-state index in [2.05, 4.69) is 56.7 Å². The van der Waals surface area contributed by atoms with Crippen LogP contribution >= 0.6 is 23.2 Å². The number of hydrogen-bond acceptors (Lipinski definition) is 6. The molecule has 8 nitrogen and oxygen atoms in total. The molecule has 1 amide bonds. The van der Waals surface area contributed by atoms with Gasteiger partial charge < -0.3 is 15.6 Å². The number of halogens is 2. The van der Waals surface area contributed by atoms with Crippen LogP contribution in [0.15, 0.2) is 79.3 Å². The first-order valence-corrected chi connectivity index (χ1v) is 15.7. The van der Waals surface area contributed by atoms with Gasteiger partial charge in [-0.25, -0.2) is 4.98 Å². The Kier molecular flexibility index (Phi) is 9.52. The number of pyridine rings is 2. The Morgan fingerprint density at radius 2 is 1.89 bits per heavy atom. The lowest BCUT2D eigenvalue weighted by Gasteiger charge is -2.35. The van der Waals surface area contributed by atoms with Gasteiger partial charge in [-0.05, 0) is 61.1 Å². The topological polar surface area (TPSA) is 98.8 Å². The molecule has 0 aliphatic heterocycles. The van der Waals surface area contributed by atoms with Crippen molar-refractivity contribution < 1.29 is 4.79 Å². The van der Waals surface area contributed by atoms with E-state index in [1.54, 1.807) is 0 Å².